The molecule has 8 heteroatoms. The fourth-order valence-corrected chi connectivity index (χ4v) is 5.77. The fourth-order valence-electron chi connectivity index (χ4n) is 4.37. The molecule has 0 bridgehead atoms. The third-order valence-corrected chi connectivity index (χ3v) is 7.49. The predicted octanol–water partition coefficient (Wildman–Crippen LogP) is 5.72. The summed E-state index contributed by atoms with van der Waals surface area (Å²) >= 11 is 14.3. The van der Waals surface area contributed by atoms with Crippen LogP contribution in [0.1, 0.15) is 31.1 Å². The van der Waals surface area contributed by atoms with Crippen LogP contribution in [0, 0.1) is 0 Å². The molecule has 0 aliphatic carbocycles. The molecule has 0 spiro atoms. The van der Waals surface area contributed by atoms with Crippen molar-refractivity contribution in [3.05, 3.63) is 63.6 Å². The molecule has 0 unspecified atom stereocenters. The zero-order valence-electron chi connectivity index (χ0n) is 17.1. The first-order chi connectivity index (χ1) is 14.9. The molecule has 31 heavy (non-hydrogen) atoms. The number of ether oxygens (including phenoxy) is 3. The smallest absolute Gasteiger partial charge is 0.164 e. The highest BCUT2D eigenvalue weighted by atomic mass is 35.5. The van der Waals surface area contributed by atoms with Crippen LogP contribution < -0.4 is 0 Å². The maximum Gasteiger partial charge on any atom is 0.164 e. The first-order valence-electron chi connectivity index (χ1n) is 10.2. The Kier molecular flexibility index (Phi) is 5.76. The molecule has 164 valence electrons. The molecule has 5 rings (SSSR count). The van der Waals surface area contributed by atoms with E-state index >= 15 is 0 Å². The number of aliphatic hydroxyl groups is 1. The van der Waals surface area contributed by atoms with Crippen LogP contribution in [-0.2, 0) is 20.0 Å². The van der Waals surface area contributed by atoms with E-state index in [0.717, 1.165) is 27.2 Å². The highest BCUT2D eigenvalue weighted by molar-refractivity contribution is 7.98. The van der Waals surface area contributed by atoms with Gasteiger partial charge in [-0.3, -0.25) is 0 Å². The van der Waals surface area contributed by atoms with Crippen molar-refractivity contribution in [3.63, 3.8) is 0 Å². The molecule has 2 saturated heterocycles. The molecule has 4 atom stereocenters. The average molecular weight is 480 g/mol. The molecule has 2 N–H and O–H groups in total. The lowest BCUT2D eigenvalue weighted by atomic mass is 10.0. The van der Waals surface area contributed by atoms with Crippen LogP contribution in [-0.4, -0.2) is 40.8 Å². The average Bonchev–Trinajstić information content (AvgIpc) is 3.35. The van der Waals surface area contributed by atoms with Gasteiger partial charge < -0.3 is 24.3 Å². The summed E-state index contributed by atoms with van der Waals surface area (Å²) in [6.45, 7) is 3.63. The Morgan fingerprint density at radius 1 is 1.06 bits per heavy atom. The Labute approximate surface area is 195 Å². The summed E-state index contributed by atoms with van der Waals surface area (Å²) in [6, 6.07) is 14.0. The Balaban J connectivity index is 1.58. The van der Waals surface area contributed by atoms with Crippen LogP contribution in [0.25, 0.3) is 10.9 Å². The van der Waals surface area contributed by atoms with Gasteiger partial charge in [0, 0.05) is 22.2 Å². The van der Waals surface area contributed by atoms with E-state index in [0.29, 0.717) is 10.0 Å². The van der Waals surface area contributed by atoms with Crippen LogP contribution >= 0.6 is 35.0 Å². The maximum atomic E-state index is 9.90. The Hall–Kier alpha value is -1.25. The summed E-state index contributed by atoms with van der Waals surface area (Å²) in [5.74, 6) is 0.0460. The van der Waals surface area contributed by atoms with E-state index in [1.54, 1.807) is 11.8 Å². The molecule has 0 amide bonds. The largest absolute Gasteiger partial charge is 0.394 e. The summed E-state index contributed by atoms with van der Waals surface area (Å²) in [4.78, 5) is 3.49. The van der Waals surface area contributed by atoms with Crippen LogP contribution in [0.3, 0.4) is 0 Å². The van der Waals surface area contributed by atoms with E-state index in [1.807, 2.05) is 44.2 Å². The molecule has 3 heterocycles. The second-order valence-corrected chi connectivity index (χ2v) is 10.1. The SMILES string of the molecule is CC1(C)O[C@@H]2[C@H](O1)[C@@H](CO)O[C@H]2c1c(SCc2ccccc2)[nH]c2cc(Cl)c(Cl)cc12. The number of H-pyrrole nitrogens is 1. The Morgan fingerprint density at radius 3 is 2.52 bits per heavy atom. The number of aromatic nitrogens is 1. The molecule has 2 aromatic carbocycles. The van der Waals surface area contributed by atoms with Crippen molar-refractivity contribution in [1.29, 1.82) is 0 Å². The lowest BCUT2D eigenvalue weighted by molar-refractivity contribution is -0.191. The quantitative estimate of drug-likeness (QED) is 0.458. The van der Waals surface area contributed by atoms with Crippen molar-refractivity contribution in [2.24, 2.45) is 0 Å². The Bertz CT molecular complexity index is 1100. The van der Waals surface area contributed by atoms with Crippen molar-refractivity contribution in [1.82, 2.24) is 4.98 Å². The predicted molar refractivity (Wildman–Crippen MR) is 123 cm³/mol. The minimum absolute atomic E-state index is 0.140. The first-order valence-corrected chi connectivity index (χ1v) is 11.9. The second-order valence-electron chi connectivity index (χ2n) is 8.30. The standard InChI is InChI=1S/C23H23Cl2NO4S/c1-23(2)29-19-17(10-27)28-20(21(19)30-23)18-13-8-14(24)15(25)9-16(13)26-22(18)31-11-12-6-4-3-5-7-12/h3-9,17,19-21,26-27H,10-11H2,1-2H3/t17-,19-,20+,21-/m1/s1. The molecule has 2 aliphatic heterocycles. The number of thioether (sulfide) groups is 1. The van der Waals surface area contributed by atoms with Gasteiger partial charge in [0.25, 0.3) is 0 Å². The molecule has 0 saturated carbocycles. The van der Waals surface area contributed by atoms with E-state index in [9.17, 15) is 5.11 Å². The van der Waals surface area contributed by atoms with Crippen LogP contribution in [0.15, 0.2) is 47.5 Å². The molecule has 0 radical (unpaired) electrons. The van der Waals surface area contributed by atoms with Crippen molar-refractivity contribution in [3.8, 4) is 0 Å². The second kappa shape index (κ2) is 8.27. The number of aliphatic hydroxyl groups excluding tert-OH is 1. The topological polar surface area (TPSA) is 63.7 Å². The zero-order valence-corrected chi connectivity index (χ0v) is 19.4. The zero-order chi connectivity index (χ0) is 21.8. The third kappa shape index (κ3) is 4.00. The number of hydrogen-bond acceptors (Lipinski definition) is 5. The number of nitrogens with one attached hydrogen (secondary N) is 1. The number of fused-ring (bicyclic) bond motifs is 2. The van der Waals surface area contributed by atoms with Crippen LogP contribution in [0.2, 0.25) is 10.0 Å². The van der Waals surface area contributed by atoms with Gasteiger partial charge in [-0.05, 0) is 31.5 Å². The molecule has 2 fully saturated rings. The van der Waals surface area contributed by atoms with Crippen molar-refractivity contribution < 1.29 is 19.3 Å². The van der Waals surface area contributed by atoms with E-state index < -0.39 is 18.0 Å². The summed E-state index contributed by atoms with van der Waals surface area (Å²) in [6.07, 6.45) is -1.55. The van der Waals surface area contributed by atoms with Gasteiger partial charge in [-0.15, -0.1) is 11.8 Å². The third-order valence-electron chi connectivity index (χ3n) is 5.68. The van der Waals surface area contributed by atoms with Gasteiger partial charge in [0.15, 0.2) is 5.79 Å². The van der Waals surface area contributed by atoms with Gasteiger partial charge in [-0.25, -0.2) is 0 Å². The van der Waals surface area contributed by atoms with Gasteiger partial charge in [-0.2, -0.15) is 0 Å². The molecule has 1 aromatic heterocycles. The number of aromatic amines is 1. The summed E-state index contributed by atoms with van der Waals surface area (Å²) < 4.78 is 18.6. The summed E-state index contributed by atoms with van der Waals surface area (Å²) in [5.41, 5.74) is 3.06. The summed E-state index contributed by atoms with van der Waals surface area (Å²) in [5, 5.41) is 12.8. The molecule has 2 aliphatic rings. The minimum atomic E-state index is -0.741. The number of halogens is 2. The fraction of sp³-hybridized carbons (Fsp3) is 0.391. The molecular weight excluding hydrogens is 457 g/mol. The lowest BCUT2D eigenvalue weighted by Crippen LogP contribution is -2.31. The monoisotopic (exact) mass is 479 g/mol. The van der Waals surface area contributed by atoms with Crippen molar-refractivity contribution in [2.75, 3.05) is 6.61 Å². The van der Waals surface area contributed by atoms with Gasteiger partial charge >= 0.3 is 0 Å². The van der Waals surface area contributed by atoms with E-state index in [4.69, 9.17) is 37.4 Å². The Morgan fingerprint density at radius 2 is 1.77 bits per heavy atom. The van der Waals surface area contributed by atoms with Gasteiger partial charge in [-0.1, -0.05) is 53.5 Å². The van der Waals surface area contributed by atoms with Gasteiger partial charge in [0.2, 0.25) is 0 Å². The molecule has 5 nitrogen and oxygen atoms in total. The maximum absolute atomic E-state index is 9.90. The number of benzene rings is 2. The lowest BCUT2D eigenvalue weighted by Gasteiger charge is -2.24. The normalized spacial score (nSPS) is 27.1. The van der Waals surface area contributed by atoms with Gasteiger partial charge in [0.05, 0.1) is 21.7 Å². The highest BCUT2D eigenvalue weighted by Gasteiger charge is 2.56. The van der Waals surface area contributed by atoms with E-state index in [-0.39, 0.29) is 18.8 Å². The minimum Gasteiger partial charge on any atom is -0.394 e. The van der Waals surface area contributed by atoms with Crippen molar-refractivity contribution >= 4 is 45.9 Å². The van der Waals surface area contributed by atoms with Crippen molar-refractivity contribution in [2.45, 2.75) is 54.8 Å². The van der Waals surface area contributed by atoms with Crippen LogP contribution in [0.5, 0.6) is 0 Å². The van der Waals surface area contributed by atoms with Gasteiger partial charge in [0.1, 0.15) is 24.4 Å². The molecule has 3 aromatic rings. The highest BCUT2D eigenvalue weighted by Crippen LogP contribution is 2.49. The first kappa shape index (κ1) is 21.6. The summed E-state index contributed by atoms with van der Waals surface area (Å²) in [7, 11) is 0. The number of rotatable bonds is 5. The van der Waals surface area contributed by atoms with E-state index in [2.05, 4.69) is 17.1 Å². The van der Waals surface area contributed by atoms with Crippen LogP contribution in [0.4, 0.5) is 0 Å². The number of hydrogen-bond donors (Lipinski definition) is 2. The van der Waals surface area contributed by atoms with E-state index in [1.165, 1.54) is 5.56 Å². The molecular formula is C23H23Cl2NO4S.